The normalized spacial score (nSPS) is 12.3. The van der Waals surface area contributed by atoms with Gasteiger partial charge in [0.05, 0.1) is 44.1 Å². The number of benzene rings is 4. The van der Waals surface area contributed by atoms with E-state index < -0.39 is 0 Å². The lowest BCUT2D eigenvalue weighted by molar-refractivity contribution is 0.827. The minimum absolute atomic E-state index is 0.854. The highest BCUT2D eigenvalue weighted by Gasteiger charge is 2.22. The first-order valence-corrected chi connectivity index (χ1v) is 17.1. The van der Waals surface area contributed by atoms with Crippen LogP contribution in [0.15, 0.2) is 110 Å². The number of aromatic nitrogens is 9. The van der Waals surface area contributed by atoms with Gasteiger partial charge < -0.3 is 13.7 Å². The van der Waals surface area contributed by atoms with Crippen molar-refractivity contribution in [1.82, 2.24) is 43.6 Å². The standard InChI is InChI=1S/C42H29N9/c1-4-51-31-15-13-23(41-47-37-25-9-5-17-43-33(25)35-27(11-7-19-45-35)39(37)49(41)2)21-29(31)30-22-24(14-16-32(30)51)42-48-38-26-10-6-18-44-34(26)36-28(12-8-20-46-36)40(38)50(42)3/h5-22H,4H2,1-3H3. The van der Waals surface area contributed by atoms with E-state index in [2.05, 4.69) is 95.4 Å². The van der Waals surface area contributed by atoms with Crippen LogP contribution in [0.1, 0.15) is 6.92 Å². The Labute approximate surface area is 290 Å². The summed E-state index contributed by atoms with van der Waals surface area (Å²) in [5.74, 6) is 1.80. The SMILES string of the molecule is CCn1c2ccc(-c3nc4c5cccnc5c5ncccc5c4n3C)cc2c2cc(-c3nc4c5cccnc5c5ncccc5c4n3C)ccc21. The third kappa shape index (κ3) is 3.69. The molecule has 7 heterocycles. The molecule has 0 atom stereocenters. The van der Waals surface area contributed by atoms with Crippen LogP contribution in [-0.2, 0) is 20.6 Å². The number of pyridine rings is 4. The van der Waals surface area contributed by atoms with E-state index in [1.54, 1.807) is 0 Å². The zero-order valence-electron chi connectivity index (χ0n) is 28.1. The van der Waals surface area contributed by atoms with E-state index in [4.69, 9.17) is 29.9 Å². The molecule has 0 unspecified atom stereocenters. The quantitative estimate of drug-likeness (QED) is 0.176. The molecule has 0 aliphatic heterocycles. The largest absolute Gasteiger partial charge is 0.341 e. The van der Waals surface area contributed by atoms with Crippen LogP contribution in [-0.4, -0.2) is 43.6 Å². The molecule has 242 valence electrons. The molecule has 0 spiro atoms. The van der Waals surface area contributed by atoms with Crippen molar-refractivity contribution in [2.24, 2.45) is 14.1 Å². The monoisotopic (exact) mass is 659 g/mol. The summed E-state index contributed by atoms with van der Waals surface area (Å²) in [5, 5.41) is 6.45. The van der Waals surface area contributed by atoms with E-state index in [-0.39, 0.29) is 0 Å². The van der Waals surface area contributed by atoms with E-state index in [1.807, 2.05) is 49.1 Å². The molecule has 0 bridgehead atoms. The molecule has 0 saturated carbocycles. The molecule has 9 nitrogen and oxygen atoms in total. The van der Waals surface area contributed by atoms with Crippen molar-refractivity contribution in [2.45, 2.75) is 13.5 Å². The van der Waals surface area contributed by atoms with Gasteiger partial charge >= 0.3 is 0 Å². The van der Waals surface area contributed by atoms with Gasteiger partial charge in [0.2, 0.25) is 0 Å². The fraction of sp³-hybridized carbons (Fsp3) is 0.0952. The fourth-order valence-corrected chi connectivity index (χ4v) is 8.37. The lowest BCUT2D eigenvalue weighted by atomic mass is 10.1. The number of imidazole rings is 2. The van der Waals surface area contributed by atoms with E-state index in [9.17, 15) is 0 Å². The smallest absolute Gasteiger partial charge is 0.140 e. The van der Waals surface area contributed by atoms with Crippen LogP contribution < -0.4 is 0 Å². The molecular formula is C42H29N9. The summed E-state index contributed by atoms with van der Waals surface area (Å²) in [5.41, 5.74) is 12.0. The Morgan fingerprint density at radius 3 is 1.25 bits per heavy atom. The average Bonchev–Trinajstić information content (AvgIpc) is 3.83. The van der Waals surface area contributed by atoms with Crippen molar-refractivity contribution in [1.29, 1.82) is 0 Å². The number of hydrogen-bond acceptors (Lipinski definition) is 6. The van der Waals surface area contributed by atoms with Gasteiger partial charge in [-0.3, -0.25) is 19.9 Å². The number of aryl methyl sites for hydroxylation is 3. The summed E-state index contributed by atoms with van der Waals surface area (Å²) in [7, 11) is 4.20. The highest BCUT2D eigenvalue weighted by molar-refractivity contribution is 6.22. The van der Waals surface area contributed by atoms with Gasteiger partial charge in [0.25, 0.3) is 0 Å². The fourth-order valence-electron chi connectivity index (χ4n) is 8.37. The molecule has 0 aliphatic rings. The van der Waals surface area contributed by atoms with Crippen molar-refractivity contribution in [3.05, 3.63) is 110 Å². The molecule has 0 amide bonds. The molecule has 0 fully saturated rings. The van der Waals surface area contributed by atoms with Crippen LogP contribution in [0, 0.1) is 0 Å². The van der Waals surface area contributed by atoms with E-state index in [0.29, 0.717) is 0 Å². The number of fused-ring (bicyclic) bond motifs is 15. The number of hydrogen-bond donors (Lipinski definition) is 0. The maximum absolute atomic E-state index is 5.29. The van der Waals surface area contributed by atoms with Gasteiger partial charge in [-0.15, -0.1) is 0 Å². The predicted octanol–water partition coefficient (Wildman–Crippen LogP) is 9.11. The average molecular weight is 660 g/mol. The zero-order chi connectivity index (χ0) is 34.0. The van der Waals surface area contributed by atoms with E-state index >= 15 is 0 Å². The molecular weight excluding hydrogens is 631 g/mol. The highest BCUT2D eigenvalue weighted by atomic mass is 15.1. The van der Waals surface area contributed by atoms with Gasteiger partial charge in [-0.05, 0) is 91.9 Å². The molecule has 11 aromatic rings. The van der Waals surface area contributed by atoms with Crippen molar-refractivity contribution in [2.75, 3.05) is 0 Å². The summed E-state index contributed by atoms with van der Waals surface area (Å²) in [6, 6.07) is 29.8. The van der Waals surface area contributed by atoms with Crippen LogP contribution in [0.4, 0.5) is 0 Å². The first-order chi connectivity index (χ1) is 25.1. The third-order valence-electron chi connectivity index (χ3n) is 10.6. The summed E-state index contributed by atoms with van der Waals surface area (Å²) in [4.78, 5) is 29.5. The van der Waals surface area contributed by atoms with Crippen LogP contribution in [0.5, 0.6) is 0 Å². The Hall–Kier alpha value is -6.74. The molecule has 0 aliphatic carbocycles. The van der Waals surface area contributed by atoms with Gasteiger partial charge in [0.1, 0.15) is 11.6 Å². The molecule has 0 saturated heterocycles. The Morgan fingerprint density at radius 2 is 0.843 bits per heavy atom. The van der Waals surface area contributed by atoms with Gasteiger partial charge in [0, 0.05) is 99.9 Å². The van der Waals surface area contributed by atoms with Crippen LogP contribution in [0.3, 0.4) is 0 Å². The van der Waals surface area contributed by atoms with E-state index in [0.717, 1.165) is 95.0 Å². The Balaban J connectivity index is 1.16. The number of nitrogens with zero attached hydrogens (tertiary/aromatic N) is 9. The Morgan fingerprint density at radius 1 is 0.451 bits per heavy atom. The summed E-state index contributed by atoms with van der Waals surface area (Å²) in [6.45, 7) is 3.06. The first-order valence-electron chi connectivity index (χ1n) is 17.1. The third-order valence-corrected chi connectivity index (χ3v) is 10.6. The molecule has 0 N–H and O–H groups in total. The predicted molar refractivity (Wildman–Crippen MR) is 206 cm³/mol. The second-order valence-electron chi connectivity index (χ2n) is 13.2. The minimum Gasteiger partial charge on any atom is -0.341 e. The summed E-state index contributed by atoms with van der Waals surface area (Å²) < 4.78 is 6.79. The van der Waals surface area contributed by atoms with Gasteiger partial charge in [-0.25, -0.2) is 9.97 Å². The lowest BCUT2D eigenvalue weighted by Gasteiger charge is -2.07. The van der Waals surface area contributed by atoms with Crippen molar-refractivity contribution >= 4 is 87.5 Å². The second kappa shape index (κ2) is 10.1. The molecule has 0 radical (unpaired) electrons. The molecule has 9 heteroatoms. The maximum Gasteiger partial charge on any atom is 0.140 e. The van der Waals surface area contributed by atoms with Crippen LogP contribution in [0.25, 0.3) is 110 Å². The molecule has 11 rings (SSSR count). The zero-order valence-corrected chi connectivity index (χ0v) is 28.1. The first kappa shape index (κ1) is 28.1. The molecule has 4 aromatic carbocycles. The maximum atomic E-state index is 5.29. The van der Waals surface area contributed by atoms with Crippen LogP contribution >= 0.6 is 0 Å². The second-order valence-corrected chi connectivity index (χ2v) is 13.2. The molecule has 51 heavy (non-hydrogen) atoms. The summed E-state index contributed by atoms with van der Waals surface area (Å²) in [6.07, 6.45) is 7.31. The van der Waals surface area contributed by atoms with Gasteiger partial charge in [0.15, 0.2) is 0 Å². The van der Waals surface area contributed by atoms with Gasteiger partial charge in [-0.1, -0.05) is 0 Å². The summed E-state index contributed by atoms with van der Waals surface area (Å²) >= 11 is 0. The topological polar surface area (TPSA) is 92.1 Å². The highest BCUT2D eigenvalue weighted by Crippen LogP contribution is 2.40. The molecule has 7 aromatic heterocycles. The van der Waals surface area contributed by atoms with Crippen molar-refractivity contribution in [3.8, 4) is 22.8 Å². The van der Waals surface area contributed by atoms with Crippen LogP contribution in [0.2, 0.25) is 0 Å². The van der Waals surface area contributed by atoms with Crippen molar-refractivity contribution in [3.63, 3.8) is 0 Å². The number of rotatable bonds is 3. The Bertz CT molecular complexity index is 3060. The Kier molecular flexibility index (Phi) is 5.60. The van der Waals surface area contributed by atoms with E-state index in [1.165, 1.54) is 21.8 Å². The lowest BCUT2D eigenvalue weighted by Crippen LogP contribution is -1.95. The van der Waals surface area contributed by atoms with Gasteiger partial charge in [-0.2, -0.15) is 0 Å². The minimum atomic E-state index is 0.854. The van der Waals surface area contributed by atoms with Crippen molar-refractivity contribution < 1.29 is 0 Å².